The van der Waals surface area contributed by atoms with Crippen LogP contribution in [0.1, 0.15) is 45.6 Å². The van der Waals surface area contributed by atoms with Gasteiger partial charge in [-0.2, -0.15) is 0 Å². The SMILES string of the molecule is CC(C)(C)N(C(=O)Oc1cccc(CCl)c1)N1CCCCC1. The van der Waals surface area contributed by atoms with Crippen LogP contribution in [0, 0.1) is 0 Å². The first-order chi connectivity index (χ1) is 10.4. The van der Waals surface area contributed by atoms with Crippen molar-refractivity contribution in [2.24, 2.45) is 0 Å². The Morgan fingerprint density at radius 1 is 1.27 bits per heavy atom. The van der Waals surface area contributed by atoms with Crippen molar-refractivity contribution in [2.75, 3.05) is 13.1 Å². The lowest BCUT2D eigenvalue weighted by molar-refractivity contribution is -0.0729. The summed E-state index contributed by atoms with van der Waals surface area (Å²) in [6.45, 7) is 7.87. The van der Waals surface area contributed by atoms with Gasteiger partial charge in [-0.05, 0) is 51.3 Å². The van der Waals surface area contributed by atoms with Gasteiger partial charge in [0.25, 0.3) is 0 Å². The molecule has 0 aromatic heterocycles. The topological polar surface area (TPSA) is 32.8 Å². The Morgan fingerprint density at radius 3 is 2.55 bits per heavy atom. The Morgan fingerprint density at radius 2 is 1.95 bits per heavy atom. The van der Waals surface area contributed by atoms with Crippen LogP contribution in [0.2, 0.25) is 0 Å². The number of carbonyl (C=O) groups excluding carboxylic acids is 1. The van der Waals surface area contributed by atoms with E-state index in [0.29, 0.717) is 11.6 Å². The molecular formula is C17H25ClN2O2. The fourth-order valence-electron chi connectivity index (χ4n) is 2.73. The molecule has 1 heterocycles. The van der Waals surface area contributed by atoms with Crippen molar-refractivity contribution in [2.45, 2.75) is 51.5 Å². The summed E-state index contributed by atoms with van der Waals surface area (Å²) in [7, 11) is 0. The molecule has 0 radical (unpaired) electrons. The fraction of sp³-hybridized carbons (Fsp3) is 0.588. The van der Waals surface area contributed by atoms with Crippen molar-refractivity contribution < 1.29 is 9.53 Å². The third-order valence-corrected chi connectivity index (χ3v) is 3.99. The van der Waals surface area contributed by atoms with E-state index in [9.17, 15) is 4.79 Å². The molecule has 0 aliphatic carbocycles. The Hall–Kier alpha value is -1.26. The van der Waals surface area contributed by atoms with Crippen molar-refractivity contribution in [3.8, 4) is 5.75 Å². The minimum absolute atomic E-state index is 0.321. The largest absolute Gasteiger partial charge is 0.430 e. The smallest absolute Gasteiger partial charge is 0.409 e. The maximum Gasteiger partial charge on any atom is 0.430 e. The van der Waals surface area contributed by atoms with Crippen LogP contribution in [0.5, 0.6) is 5.75 Å². The third-order valence-electron chi connectivity index (χ3n) is 3.68. The quantitative estimate of drug-likeness (QED) is 0.771. The molecule has 1 amide bonds. The van der Waals surface area contributed by atoms with E-state index in [1.165, 1.54) is 6.42 Å². The summed E-state index contributed by atoms with van der Waals surface area (Å²) >= 11 is 5.83. The second-order valence-electron chi connectivity index (χ2n) is 6.65. The molecule has 1 saturated heterocycles. The van der Waals surface area contributed by atoms with Gasteiger partial charge in [0, 0.05) is 19.0 Å². The number of carbonyl (C=O) groups is 1. The Kier molecular flexibility index (Phi) is 5.70. The van der Waals surface area contributed by atoms with Gasteiger partial charge in [0.15, 0.2) is 0 Å². The zero-order chi connectivity index (χ0) is 16.2. The van der Waals surface area contributed by atoms with Gasteiger partial charge >= 0.3 is 6.09 Å². The molecular weight excluding hydrogens is 300 g/mol. The lowest BCUT2D eigenvalue weighted by atomic mass is 10.1. The summed E-state index contributed by atoms with van der Waals surface area (Å²) in [6.07, 6.45) is 3.12. The molecule has 0 unspecified atom stereocenters. The maximum atomic E-state index is 12.7. The van der Waals surface area contributed by atoms with E-state index in [0.717, 1.165) is 31.5 Å². The molecule has 0 saturated carbocycles. The van der Waals surface area contributed by atoms with E-state index in [2.05, 4.69) is 5.01 Å². The summed E-state index contributed by atoms with van der Waals surface area (Å²) in [5, 5.41) is 3.86. The van der Waals surface area contributed by atoms with Crippen molar-refractivity contribution in [3.05, 3.63) is 29.8 Å². The number of alkyl halides is 1. The van der Waals surface area contributed by atoms with Gasteiger partial charge in [-0.1, -0.05) is 18.6 Å². The number of rotatable bonds is 3. The van der Waals surface area contributed by atoms with E-state index < -0.39 is 0 Å². The predicted octanol–water partition coefficient (Wildman–Crippen LogP) is 4.43. The zero-order valence-corrected chi connectivity index (χ0v) is 14.4. The van der Waals surface area contributed by atoms with Gasteiger partial charge in [0.05, 0.1) is 5.54 Å². The van der Waals surface area contributed by atoms with Crippen LogP contribution < -0.4 is 4.74 Å². The van der Waals surface area contributed by atoms with Crippen LogP contribution in [0.4, 0.5) is 4.79 Å². The number of benzene rings is 1. The number of hydrazine groups is 1. The normalized spacial score (nSPS) is 16.4. The van der Waals surface area contributed by atoms with Gasteiger partial charge in [-0.25, -0.2) is 14.8 Å². The molecule has 0 spiro atoms. The van der Waals surface area contributed by atoms with E-state index >= 15 is 0 Å². The molecule has 4 nitrogen and oxygen atoms in total. The standard InChI is InChI=1S/C17H25ClN2O2/c1-17(2,3)20(19-10-5-4-6-11-19)16(21)22-15-9-7-8-14(12-15)13-18/h7-9,12H,4-6,10-11,13H2,1-3H3. The number of amides is 1. The Balaban J connectivity index is 2.14. The molecule has 1 aromatic rings. The number of hydrogen-bond donors (Lipinski definition) is 0. The van der Waals surface area contributed by atoms with E-state index in [4.69, 9.17) is 16.3 Å². The van der Waals surface area contributed by atoms with Crippen molar-refractivity contribution in [3.63, 3.8) is 0 Å². The number of hydrogen-bond acceptors (Lipinski definition) is 3. The lowest BCUT2D eigenvalue weighted by Crippen LogP contribution is -2.58. The number of nitrogens with zero attached hydrogens (tertiary/aromatic N) is 2. The average Bonchev–Trinajstić information content (AvgIpc) is 2.47. The third kappa shape index (κ3) is 4.37. The molecule has 0 N–H and O–H groups in total. The van der Waals surface area contributed by atoms with Crippen LogP contribution in [0.3, 0.4) is 0 Å². The molecule has 0 atom stereocenters. The average molecular weight is 325 g/mol. The Labute approximate surface area is 138 Å². The highest BCUT2D eigenvalue weighted by molar-refractivity contribution is 6.17. The van der Waals surface area contributed by atoms with Crippen LogP contribution in [0.25, 0.3) is 0 Å². The van der Waals surface area contributed by atoms with Crippen LogP contribution in [0.15, 0.2) is 24.3 Å². The first-order valence-electron chi connectivity index (χ1n) is 7.83. The number of ether oxygens (including phenoxy) is 1. The molecule has 1 fully saturated rings. The van der Waals surface area contributed by atoms with Crippen LogP contribution in [-0.2, 0) is 5.88 Å². The van der Waals surface area contributed by atoms with Crippen molar-refractivity contribution in [1.82, 2.24) is 10.0 Å². The van der Waals surface area contributed by atoms with E-state index in [1.54, 1.807) is 11.1 Å². The molecule has 1 aromatic carbocycles. The van der Waals surface area contributed by atoms with Crippen molar-refractivity contribution in [1.29, 1.82) is 0 Å². The Bertz CT molecular complexity index is 508. The van der Waals surface area contributed by atoms with Crippen LogP contribution in [-0.4, -0.2) is 34.7 Å². The minimum atomic E-state index is -0.332. The maximum absolute atomic E-state index is 12.7. The lowest BCUT2D eigenvalue weighted by Gasteiger charge is -2.44. The highest BCUT2D eigenvalue weighted by Crippen LogP contribution is 2.23. The molecule has 1 aliphatic heterocycles. The number of piperidine rings is 1. The highest BCUT2D eigenvalue weighted by atomic mass is 35.5. The zero-order valence-electron chi connectivity index (χ0n) is 13.6. The fourth-order valence-corrected chi connectivity index (χ4v) is 2.89. The molecule has 22 heavy (non-hydrogen) atoms. The summed E-state index contributed by atoms with van der Waals surface area (Å²) in [5.74, 6) is 0.940. The summed E-state index contributed by atoms with van der Waals surface area (Å²) in [4.78, 5) is 12.7. The van der Waals surface area contributed by atoms with Crippen molar-refractivity contribution >= 4 is 17.7 Å². The summed E-state index contributed by atoms with van der Waals surface area (Å²) in [5.41, 5.74) is 0.616. The molecule has 122 valence electrons. The summed E-state index contributed by atoms with van der Waals surface area (Å²) in [6, 6.07) is 7.35. The van der Waals surface area contributed by atoms with Gasteiger partial charge in [0.2, 0.25) is 0 Å². The summed E-state index contributed by atoms with van der Waals surface area (Å²) < 4.78 is 5.59. The second-order valence-corrected chi connectivity index (χ2v) is 6.91. The monoisotopic (exact) mass is 324 g/mol. The molecule has 0 bridgehead atoms. The first-order valence-corrected chi connectivity index (χ1v) is 8.37. The predicted molar refractivity (Wildman–Crippen MR) is 89.0 cm³/mol. The minimum Gasteiger partial charge on any atom is -0.409 e. The van der Waals surface area contributed by atoms with Gasteiger partial charge < -0.3 is 4.74 Å². The molecule has 1 aliphatic rings. The highest BCUT2D eigenvalue weighted by Gasteiger charge is 2.34. The van der Waals surface area contributed by atoms with Crippen LogP contribution >= 0.6 is 11.6 Å². The van der Waals surface area contributed by atoms with E-state index in [1.807, 2.05) is 39.0 Å². The van der Waals surface area contributed by atoms with Gasteiger partial charge in [0.1, 0.15) is 5.75 Å². The molecule has 2 rings (SSSR count). The number of halogens is 1. The second kappa shape index (κ2) is 7.34. The van der Waals surface area contributed by atoms with E-state index in [-0.39, 0.29) is 11.6 Å². The van der Waals surface area contributed by atoms with Gasteiger partial charge in [-0.3, -0.25) is 0 Å². The first kappa shape index (κ1) is 17.1. The molecule has 5 heteroatoms. The van der Waals surface area contributed by atoms with Gasteiger partial charge in [-0.15, -0.1) is 11.6 Å².